The number of benzene rings is 1. The summed E-state index contributed by atoms with van der Waals surface area (Å²) in [6.45, 7) is 0. The molecule has 2 aliphatic carbocycles. The van der Waals surface area contributed by atoms with E-state index in [9.17, 15) is 10.1 Å². The van der Waals surface area contributed by atoms with Crippen molar-refractivity contribution in [3.8, 4) is 0 Å². The molecule has 3 atom stereocenters. The van der Waals surface area contributed by atoms with Crippen molar-refractivity contribution >= 4 is 29.2 Å². The zero-order chi connectivity index (χ0) is 15.5. The minimum atomic E-state index is -0.429. The highest BCUT2D eigenvalue weighted by molar-refractivity contribution is 7.80. The van der Waals surface area contributed by atoms with Crippen LogP contribution >= 0.6 is 12.2 Å². The van der Waals surface area contributed by atoms with Gasteiger partial charge in [-0.1, -0.05) is 12.2 Å². The van der Waals surface area contributed by atoms with Gasteiger partial charge >= 0.3 is 0 Å². The molecular weight excluding hydrogens is 300 g/mol. The molecular formula is C15H16N4O2S. The SMILES string of the molecule is O=[N+]([O-])c1ccc(/C=N/NC(=S)NC2CC3C=CC2C3)cc1. The fraction of sp³-hybridized carbons (Fsp3) is 0.333. The second-order valence-corrected chi connectivity index (χ2v) is 5.99. The number of hydrazone groups is 1. The number of allylic oxidation sites excluding steroid dienone is 1. The van der Waals surface area contributed by atoms with Gasteiger partial charge in [0.2, 0.25) is 0 Å². The molecule has 1 fully saturated rings. The number of hydrogen-bond donors (Lipinski definition) is 2. The standard InChI is InChI=1S/C15H16N4O2S/c20-19(21)13-5-2-10(3-6-13)9-16-18-15(22)17-14-8-11-1-4-12(14)7-11/h1-6,9,11-12,14H,7-8H2,(H2,17,18,22)/b16-9+. The highest BCUT2D eigenvalue weighted by Gasteiger charge is 2.35. The highest BCUT2D eigenvalue weighted by Crippen LogP contribution is 2.38. The fourth-order valence-corrected chi connectivity index (χ4v) is 3.20. The van der Waals surface area contributed by atoms with E-state index < -0.39 is 4.92 Å². The largest absolute Gasteiger partial charge is 0.358 e. The number of hydrogen-bond acceptors (Lipinski definition) is 4. The maximum Gasteiger partial charge on any atom is 0.269 e. The van der Waals surface area contributed by atoms with Gasteiger partial charge in [-0.15, -0.1) is 0 Å². The van der Waals surface area contributed by atoms with E-state index in [1.54, 1.807) is 18.3 Å². The van der Waals surface area contributed by atoms with E-state index in [2.05, 4.69) is 28.0 Å². The average Bonchev–Trinajstić information content (AvgIpc) is 3.10. The van der Waals surface area contributed by atoms with E-state index in [4.69, 9.17) is 12.2 Å². The summed E-state index contributed by atoms with van der Waals surface area (Å²) in [6, 6.07) is 6.56. The van der Waals surface area contributed by atoms with E-state index in [0.717, 1.165) is 12.0 Å². The van der Waals surface area contributed by atoms with Gasteiger partial charge in [-0.25, -0.2) is 0 Å². The maximum atomic E-state index is 10.6. The minimum Gasteiger partial charge on any atom is -0.358 e. The molecule has 0 heterocycles. The molecule has 1 aromatic carbocycles. The number of nitrogens with one attached hydrogen (secondary N) is 2. The number of nitrogens with zero attached hydrogens (tertiary/aromatic N) is 2. The first kappa shape index (κ1) is 14.6. The Labute approximate surface area is 133 Å². The number of nitro groups is 1. The molecule has 6 nitrogen and oxygen atoms in total. The maximum absolute atomic E-state index is 10.6. The molecule has 3 unspecified atom stereocenters. The van der Waals surface area contributed by atoms with Gasteiger partial charge in [-0.3, -0.25) is 15.5 Å². The van der Waals surface area contributed by atoms with Gasteiger partial charge in [-0.2, -0.15) is 5.10 Å². The molecule has 0 aliphatic heterocycles. The van der Waals surface area contributed by atoms with Crippen LogP contribution in [0.3, 0.4) is 0 Å². The topological polar surface area (TPSA) is 79.6 Å². The minimum absolute atomic E-state index is 0.0617. The Morgan fingerprint density at radius 2 is 2.09 bits per heavy atom. The van der Waals surface area contributed by atoms with Crippen LogP contribution in [0.2, 0.25) is 0 Å². The van der Waals surface area contributed by atoms with E-state index in [0.29, 0.717) is 23.0 Å². The molecule has 0 saturated heterocycles. The van der Waals surface area contributed by atoms with E-state index in [1.807, 2.05) is 0 Å². The number of fused-ring (bicyclic) bond motifs is 2. The molecule has 0 amide bonds. The van der Waals surface area contributed by atoms with Crippen molar-refractivity contribution in [2.24, 2.45) is 16.9 Å². The molecule has 3 rings (SSSR count). The van der Waals surface area contributed by atoms with Crippen LogP contribution in [0, 0.1) is 22.0 Å². The van der Waals surface area contributed by atoms with Crippen molar-refractivity contribution in [2.45, 2.75) is 18.9 Å². The van der Waals surface area contributed by atoms with Crippen LogP contribution in [-0.4, -0.2) is 22.3 Å². The second-order valence-electron chi connectivity index (χ2n) is 5.58. The lowest BCUT2D eigenvalue weighted by Gasteiger charge is -2.20. The third kappa shape index (κ3) is 3.30. The van der Waals surface area contributed by atoms with Gasteiger partial charge in [0.25, 0.3) is 5.69 Å². The lowest BCUT2D eigenvalue weighted by Crippen LogP contribution is -2.42. The van der Waals surface area contributed by atoms with Crippen LogP contribution in [0.1, 0.15) is 18.4 Å². The fourth-order valence-electron chi connectivity index (χ4n) is 2.99. The average molecular weight is 316 g/mol. The van der Waals surface area contributed by atoms with Crippen LogP contribution in [0.4, 0.5) is 5.69 Å². The Morgan fingerprint density at radius 1 is 1.32 bits per heavy atom. The predicted molar refractivity (Wildman–Crippen MR) is 88.7 cm³/mol. The molecule has 2 aliphatic rings. The van der Waals surface area contributed by atoms with Gasteiger partial charge in [0.05, 0.1) is 11.1 Å². The number of rotatable bonds is 4. The quantitative estimate of drug-likeness (QED) is 0.293. The number of nitro benzene ring substituents is 1. The summed E-state index contributed by atoms with van der Waals surface area (Å²) in [4.78, 5) is 10.1. The van der Waals surface area contributed by atoms with Crippen molar-refractivity contribution < 1.29 is 4.92 Å². The Balaban J connectivity index is 1.48. The first-order valence-corrected chi connectivity index (χ1v) is 7.55. The molecule has 2 bridgehead atoms. The summed E-state index contributed by atoms with van der Waals surface area (Å²) in [5, 5.41) is 18.4. The molecule has 114 valence electrons. The van der Waals surface area contributed by atoms with Crippen molar-refractivity contribution in [1.82, 2.24) is 10.7 Å². The monoisotopic (exact) mass is 316 g/mol. The summed E-state index contributed by atoms with van der Waals surface area (Å²) in [5.41, 5.74) is 3.62. The summed E-state index contributed by atoms with van der Waals surface area (Å²) in [6.07, 6.45) is 8.46. The first-order valence-electron chi connectivity index (χ1n) is 7.14. The van der Waals surface area contributed by atoms with Crippen molar-refractivity contribution in [3.63, 3.8) is 0 Å². The molecule has 0 aromatic heterocycles. The smallest absolute Gasteiger partial charge is 0.269 e. The highest BCUT2D eigenvalue weighted by atomic mass is 32.1. The zero-order valence-electron chi connectivity index (χ0n) is 11.8. The van der Waals surface area contributed by atoms with Crippen molar-refractivity contribution in [3.05, 3.63) is 52.1 Å². The Hall–Kier alpha value is -2.28. The van der Waals surface area contributed by atoms with Crippen LogP contribution in [-0.2, 0) is 0 Å². The molecule has 1 saturated carbocycles. The van der Waals surface area contributed by atoms with Gasteiger partial charge in [0.15, 0.2) is 5.11 Å². The normalized spacial score (nSPS) is 25.5. The van der Waals surface area contributed by atoms with Crippen LogP contribution in [0.25, 0.3) is 0 Å². The lowest BCUT2D eigenvalue weighted by molar-refractivity contribution is -0.384. The third-order valence-electron chi connectivity index (χ3n) is 4.08. The van der Waals surface area contributed by atoms with Gasteiger partial charge in [0, 0.05) is 18.2 Å². The lowest BCUT2D eigenvalue weighted by atomic mass is 10.0. The molecule has 2 N–H and O–H groups in total. The molecule has 0 spiro atoms. The van der Waals surface area contributed by atoms with E-state index in [1.165, 1.54) is 18.6 Å². The first-order chi connectivity index (χ1) is 10.6. The van der Waals surface area contributed by atoms with Crippen molar-refractivity contribution in [2.75, 3.05) is 0 Å². The van der Waals surface area contributed by atoms with Crippen molar-refractivity contribution in [1.29, 1.82) is 0 Å². The zero-order valence-corrected chi connectivity index (χ0v) is 12.6. The summed E-state index contributed by atoms with van der Waals surface area (Å²) in [7, 11) is 0. The summed E-state index contributed by atoms with van der Waals surface area (Å²) >= 11 is 5.23. The molecule has 22 heavy (non-hydrogen) atoms. The Bertz CT molecular complexity index is 641. The van der Waals surface area contributed by atoms with Crippen LogP contribution in [0.5, 0.6) is 0 Å². The molecule has 1 aromatic rings. The number of thiocarbonyl (C=S) groups is 1. The van der Waals surface area contributed by atoms with E-state index >= 15 is 0 Å². The second kappa shape index (κ2) is 6.23. The Morgan fingerprint density at radius 3 is 2.68 bits per heavy atom. The third-order valence-corrected chi connectivity index (χ3v) is 4.29. The number of non-ortho nitro benzene ring substituents is 1. The molecule has 0 radical (unpaired) electrons. The molecule has 7 heteroatoms. The summed E-state index contributed by atoms with van der Waals surface area (Å²) in [5.74, 6) is 1.26. The van der Waals surface area contributed by atoms with Gasteiger partial charge < -0.3 is 5.32 Å². The summed E-state index contributed by atoms with van der Waals surface area (Å²) < 4.78 is 0. The predicted octanol–water partition coefficient (Wildman–Crippen LogP) is 2.36. The van der Waals surface area contributed by atoms with Gasteiger partial charge in [0.1, 0.15) is 0 Å². The van der Waals surface area contributed by atoms with Crippen LogP contribution < -0.4 is 10.7 Å². The van der Waals surface area contributed by atoms with Gasteiger partial charge in [-0.05, 0) is 54.6 Å². The van der Waals surface area contributed by atoms with Crippen LogP contribution in [0.15, 0.2) is 41.5 Å². The van der Waals surface area contributed by atoms with E-state index in [-0.39, 0.29) is 5.69 Å². The Kier molecular flexibility index (Phi) is 4.15.